The minimum absolute atomic E-state index is 0.479. The molecule has 2 bridgehead atoms. The highest BCUT2D eigenvalue weighted by atomic mass is 79.9. The second kappa shape index (κ2) is 4.46. The highest BCUT2D eigenvalue weighted by Gasteiger charge is 2.39. The van der Waals surface area contributed by atoms with Crippen molar-refractivity contribution in [2.24, 2.45) is 0 Å². The van der Waals surface area contributed by atoms with E-state index in [4.69, 9.17) is 5.73 Å². The van der Waals surface area contributed by atoms with Gasteiger partial charge in [0.15, 0.2) is 0 Å². The smallest absolute Gasteiger partial charge is 0.141 e. The van der Waals surface area contributed by atoms with E-state index in [1.165, 1.54) is 25.7 Å². The molecule has 2 fully saturated rings. The van der Waals surface area contributed by atoms with Crippen molar-refractivity contribution in [1.82, 2.24) is 14.9 Å². The molecule has 2 unspecified atom stereocenters. The Balaban J connectivity index is 1.88. The molecule has 0 saturated carbocycles. The quantitative estimate of drug-likeness (QED) is 0.865. The van der Waals surface area contributed by atoms with E-state index in [2.05, 4.69) is 37.8 Å². The normalized spacial score (nSPS) is 31.8. The Bertz CT molecular complexity index is 439. The fraction of sp³-hybridized carbons (Fsp3) is 0.692. The van der Waals surface area contributed by atoms with E-state index in [9.17, 15) is 0 Å². The molecular formula is C13H19BrN4. The minimum atomic E-state index is 0.479. The number of hydrogen-bond donors (Lipinski definition) is 1. The highest BCUT2D eigenvalue weighted by Crippen LogP contribution is 2.41. The highest BCUT2D eigenvalue weighted by molar-refractivity contribution is 9.10. The van der Waals surface area contributed by atoms with Crippen molar-refractivity contribution in [3.8, 4) is 0 Å². The molecule has 0 aliphatic carbocycles. The Morgan fingerprint density at radius 3 is 2.39 bits per heavy atom. The van der Waals surface area contributed by atoms with E-state index in [1.807, 2.05) is 6.92 Å². The van der Waals surface area contributed by atoms with E-state index in [0.717, 1.165) is 16.0 Å². The summed E-state index contributed by atoms with van der Waals surface area (Å²) in [5.41, 5.74) is 6.88. The topological polar surface area (TPSA) is 55.0 Å². The van der Waals surface area contributed by atoms with E-state index in [0.29, 0.717) is 23.8 Å². The minimum Gasteiger partial charge on any atom is -0.383 e. The molecule has 0 radical (unpaired) electrons. The average molecular weight is 311 g/mol. The van der Waals surface area contributed by atoms with Gasteiger partial charge < -0.3 is 10.6 Å². The van der Waals surface area contributed by atoms with Crippen molar-refractivity contribution in [3.05, 3.63) is 16.0 Å². The maximum absolute atomic E-state index is 5.93. The van der Waals surface area contributed by atoms with Gasteiger partial charge in [-0.2, -0.15) is 0 Å². The molecule has 1 aromatic rings. The zero-order valence-electron chi connectivity index (χ0n) is 10.9. The summed E-state index contributed by atoms with van der Waals surface area (Å²) in [4.78, 5) is 11.6. The molecule has 1 aromatic heterocycles. The lowest BCUT2D eigenvalue weighted by atomic mass is 9.90. The van der Waals surface area contributed by atoms with E-state index < -0.39 is 0 Å². The number of nitrogens with zero attached hydrogens (tertiary/aromatic N) is 3. The molecule has 2 aliphatic heterocycles. The molecule has 0 spiro atoms. The lowest BCUT2D eigenvalue weighted by Crippen LogP contribution is -2.39. The van der Waals surface area contributed by atoms with Gasteiger partial charge in [-0.05, 0) is 55.6 Å². The number of piperidine rings is 1. The van der Waals surface area contributed by atoms with Crippen LogP contribution in [-0.2, 0) is 0 Å². The van der Waals surface area contributed by atoms with Crippen molar-refractivity contribution in [2.75, 3.05) is 12.8 Å². The number of nitrogen functional groups attached to an aromatic ring is 1. The molecule has 4 nitrogen and oxygen atoms in total. The van der Waals surface area contributed by atoms with E-state index in [-0.39, 0.29) is 0 Å². The summed E-state index contributed by atoms with van der Waals surface area (Å²) in [7, 11) is 2.25. The molecule has 2 saturated heterocycles. The van der Waals surface area contributed by atoms with Gasteiger partial charge in [0.25, 0.3) is 0 Å². The first-order valence-electron chi connectivity index (χ1n) is 6.57. The number of halogens is 1. The molecule has 3 rings (SSSR count). The van der Waals surface area contributed by atoms with Gasteiger partial charge in [-0.3, -0.25) is 0 Å². The Morgan fingerprint density at radius 2 is 1.83 bits per heavy atom. The van der Waals surface area contributed by atoms with Gasteiger partial charge in [-0.1, -0.05) is 0 Å². The van der Waals surface area contributed by atoms with Crippen LogP contribution >= 0.6 is 15.9 Å². The number of aryl methyl sites for hydroxylation is 1. The lowest BCUT2D eigenvalue weighted by molar-refractivity contribution is 0.159. The third-order valence-corrected chi connectivity index (χ3v) is 5.50. The Labute approximate surface area is 116 Å². The SMILES string of the molecule is Cc1nc(C2CC3CCC(C2)N3C)nc(N)c1Br. The van der Waals surface area contributed by atoms with Crippen LogP contribution < -0.4 is 5.73 Å². The third-order valence-electron chi connectivity index (χ3n) is 4.52. The van der Waals surface area contributed by atoms with Crippen LogP contribution in [0.5, 0.6) is 0 Å². The molecule has 18 heavy (non-hydrogen) atoms. The van der Waals surface area contributed by atoms with Gasteiger partial charge in [0.2, 0.25) is 0 Å². The number of fused-ring (bicyclic) bond motifs is 2. The van der Waals surface area contributed by atoms with Gasteiger partial charge in [0.05, 0.1) is 10.2 Å². The lowest BCUT2D eigenvalue weighted by Gasteiger charge is -2.35. The Hall–Kier alpha value is -0.680. The number of rotatable bonds is 1. The summed E-state index contributed by atoms with van der Waals surface area (Å²) in [6.07, 6.45) is 4.99. The molecule has 0 aromatic carbocycles. The van der Waals surface area contributed by atoms with Crippen LogP contribution in [0, 0.1) is 6.92 Å². The second-order valence-corrected chi connectivity index (χ2v) is 6.38. The van der Waals surface area contributed by atoms with Crippen LogP contribution in [0.3, 0.4) is 0 Å². The first kappa shape index (κ1) is 12.4. The monoisotopic (exact) mass is 310 g/mol. The summed E-state index contributed by atoms with van der Waals surface area (Å²) < 4.78 is 0.835. The van der Waals surface area contributed by atoms with Gasteiger partial charge in [-0.15, -0.1) is 0 Å². The van der Waals surface area contributed by atoms with Crippen molar-refractivity contribution in [3.63, 3.8) is 0 Å². The van der Waals surface area contributed by atoms with Crippen molar-refractivity contribution >= 4 is 21.7 Å². The number of anilines is 1. The summed E-state index contributed by atoms with van der Waals surface area (Å²) in [6.45, 7) is 1.98. The van der Waals surface area contributed by atoms with Crippen LogP contribution in [0.25, 0.3) is 0 Å². The predicted octanol–water partition coefficient (Wildman–Crippen LogP) is 2.47. The molecule has 98 valence electrons. The Kier molecular flexibility index (Phi) is 3.06. The fourth-order valence-corrected chi connectivity index (χ4v) is 3.59. The van der Waals surface area contributed by atoms with Gasteiger partial charge in [-0.25, -0.2) is 9.97 Å². The summed E-state index contributed by atoms with van der Waals surface area (Å²) in [5, 5.41) is 0. The maximum atomic E-state index is 5.93. The molecule has 2 aliphatic rings. The van der Waals surface area contributed by atoms with E-state index >= 15 is 0 Å². The fourth-order valence-electron chi connectivity index (χ4n) is 3.41. The van der Waals surface area contributed by atoms with Gasteiger partial charge in [0, 0.05) is 18.0 Å². The van der Waals surface area contributed by atoms with Gasteiger partial charge >= 0.3 is 0 Å². The second-order valence-electron chi connectivity index (χ2n) is 5.59. The zero-order valence-corrected chi connectivity index (χ0v) is 12.4. The van der Waals surface area contributed by atoms with Crippen LogP contribution in [0.4, 0.5) is 5.82 Å². The number of hydrogen-bond acceptors (Lipinski definition) is 4. The zero-order chi connectivity index (χ0) is 12.9. The number of aromatic nitrogens is 2. The maximum Gasteiger partial charge on any atom is 0.141 e. The van der Waals surface area contributed by atoms with E-state index in [1.54, 1.807) is 0 Å². The molecule has 0 amide bonds. The average Bonchev–Trinajstić information content (AvgIpc) is 2.57. The summed E-state index contributed by atoms with van der Waals surface area (Å²) in [5.74, 6) is 2.00. The molecule has 2 atom stereocenters. The van der Waals surface area contributed by atoms with Crippen LogP contribution in [0.2, 0.25) is 0 Å². The third kappa shape index (κ3) is 1.93. The number of nitrogens with two attached hydrogens (primary N) is 1. The van der Waals surface area contributed by atoms with Crippen molar-refractivity contribution in [1.29, 1.82) is 0 Å². The van der Waals surface area contributed by atoms with Crippen molar-refractivity contribution < 1.29 is 0 Å². The van der Waals surface area contributed by atoms with Crippen LogP contribution in [-0.4, -0.2) is 34.0 Å². The largest absolute Gasteiger partial charge is 0.383 e. The molecule has 5 heteroatoms. The van der Waals surface area contributed by atoms with Crippen LogP contribution in [0.15, 0.2) is 4.47 Å². The van der Waals surface area contributed by atoms with Gasteiger partial charge in [0.1, 0.15) is 11.6 Å². The first-order chi connectivity index (χ1) is 8.56. The summed E-state index contributed by atoms with van der Waals surface area (Å²) >= 11 is 3.42. The summed E-state index contributed by atoms with van der Waals surface area (Å²) in [6, 6.07) is 1.42. The Morgan fingerprint density at radius 1 is 1.22 bits per heavy atom. The van der Waals surface area contributed by atoms with Crippen LogP contribution in [0.1, 0.15) is 43.1 Å². The first-order valence-corrected chi connectivity index (χ1v) is 7.37. The van der Waals surface area contributed by atoms with Crippen molar-refractivity contribution in [2.45, 2.75) is 50.6 Å². The standard InChI is InChI=1S/C13H19BrN4/c1-7-11(14)12(15)17-13(16-7)8-5-9-3-4-10(6-8)18(9)2/h8-10H,3-6H2,1-2H3,(H2,15,16,17). The predicted molar refractivity (Wildman–Crippen MR) is 75.4 cm³/mol. The molecular weight excluding hydrogens is 292 g/mol. The molecule has 2 N–H and O–H groups in total. The molecule has 3 heterocycles.